The van der Waals surface area contributed by atoms with Crippen LogP contribution in [-0.4, -0.2) is 48.6 Å². The van der Waals surface area contributed by atoms with Gasteiger partial charge < -0.3 is 4.90 Å². The maximum atomic E-state index is 12.7. The van der Waals surface area contributed by atoms with E-state index in [0.717, 1.165) is 11.1 Å². The van der Waals surface area contributed by atoms with E-state index in [1.807, 2.05) is 32.0 Å². The molecule has 1 aliphatic rings. The number of hydrogen-bond acceptors (Lipinski definition) is 4. The van der Waals surface area contributed by atoms with Crippen molar-refractivity contribution in [3.63, 3.8) is 0 Å². The molecule has 1 fully saturated rings. The molecule has 0 spiro atoms. The van der Waals surface area contributed by atoms with Crippen LogP contribution in [0.1, 0.15) is 45.7 Å². The number of aromatic nitrogens is 2. The summed E-state index contributed by atoms with van der Waals surface area (Å²) in [5.41, 5.74) is 3.92. The van der Waals surface area contributed by atoms with Gasteiger partial charge in [-0.25, -0.2) is 13.1 Å². The lowest BCUT2D eigenvalue weighted by molar-refractivity contribution is 0.0711. The van der Waals surface area contributed by atoms with Crippen molar-refractivity contribution in [3.8, 4) is 0 Å². The first-order valence-corrected chi connectivity index (χ1v) is 10.6. The van der Waals surface area contributed by atoms with Crippen molar-refractivity contribution in [2.45, 2.75) is 51.5 Å². The number of aromatic amines is 1. The predicted molar refractivity (Wildman–Crippen MR) is 103 cm³/mol. The third kappa shape index (κ3) is 4.06. The van der Waals surface area contributed by atoms with Gasteiger partial charge in [0.05, 0.1) is 11.4 Å². The van der Waals surface area contributed by atoms with E-state index in [4.69, 9.17) is 0 Å². The Labute approximate surface area is 160 Å². The summed E-state index contributed by atoms with van der Waals surface area (Å²) >= 11 is 0. The molecule has 0 unspecified atom stereocenters. The Kier molecular flexibility index (Phi) is 5.39. The molecule has 0 aliphatic carbocycles. The van der Waals surface area contributed by atoms with Crippen LogP contribution in [0.2, 0.25) is 0 Å². The number of sulfonamides is 1. The lowest BCUT2D eigenvalue weighted by Gasteiger charge is -2.32. The Hall–Kier alpha value is -2.19. The van der Waals surface area contributed by atoms with Crippen LogP contribution < -0.4 is 4.72 Å². The largest absolute Gasteiger partial charge is 0.339 e. The molecule has 1 aromatic carbocycles. The average molecular weight is 391 g/mol. The fourth-order valence-electron chi connectivity index (χ4n) is 3.47. The van der Waals surface area contributed by atoms with Gasteiger partial charge in [0.15, 0.2) is 0 Å². The van der Waals surface area contributed by atoms with Crippen LogP contribution in [0, 0.1) is 27.7 Å². The number of likely N-dealkylation sites (tertiary alicyclic amines) is 1. The summed E-state index contributed by atoms with van der Waals surface area (Å²) < 4.78 is 28.1. The second-order valence-corrected chi connectivity index (χ2v) is 8.90. The maximum Gasteiger partial charge on any atom is 0.253 e. The number of benzene rings is 1. The van der Waals surface area contributed by atoms with E-state index >= 15 is 0 Å². The first-order valence-electron chi connectivity index (χ1n) is 9.09. The highest BCUT2D eigenvalue weighted by molar-refractivity contribution is 7.89. The summed E-state index contributed by atoms with van der Waals surface area (Å²) in [6, 6.07) is 5.53. The normalized spacial score (nSPS) is 15.9. The summed E-state index contributed by atoms with van der Waals surface area (Å²) in [5.74, 6) is 0.000862. The highest BCUT2D eigenvalue weighted by Gasteiger charge is 2.29. The molecule has 2 N–H and O–H groups in total. The monoisotopic (exact) mass is 390 g/mol. The number of H-pyrrole nitrogens is 1. The fourth-order valence-corrected chi connectivity index (χ4v) is 5.15. The number of hydrogen-bond donors (Lipinski definition) is 2. The Morgan fingerprint density at radius 1 is 1.15 bits per heavy atom. The number of amides is 1. The Bertz CT molecular complexity index is 938. The molecule has 1 aliphatic heterocycles. The first-order chi connectivity index (χ1) is 12.7. The predicted octanol–water partition coefficient (Wildman–Crippen LogP) is 2.23. The zero-order chi connectivity index (χ0) is 19.8. The summed E-state index contributed by atoms with van der Waals surface area (Å²) in [6.45, 7) is 8.44. The molecule has 0 atom stereocenters. The van der Waals surface area contributed by atoms with Gasteiger partial charge in [0.25, 0.3) is 5.91 Å². The highest BCUT2D eigenvalue weighted by atomic mass is 32.2. The molecular weight excluding hydrogens is 364 g/mol. The van der Waals surface area contributed by atoms with Crippen molar-refractivity contribution in [1.82, 2.24) is 19.8 Å². The summed E-state index contributed by atoms with van der Waals surface area (Å²) in [4.78, 5) is 14.7. The number of piperidine rings is 1. The Morgan fingerprint density at radius 3 is 2.37 bits per heavy atom. The number of carbonyl (C=O) groups is 1. The third-order valence-corrected chi connectivity index (χ3v) is 6.97. The zero-order valence-electron chi connectivity index (χ0n) is 16.2. The van der Waals surface area contributed by atoms with Crippen molar-refractivity contribution < 1.29 is 13.2 Å². The molecule has 146 valence electrons. The number of nitrogens with zero attached hydrogens (tertiary/aromatic N) is 2. The van der Waals surface area contributed by atoms with Gasteiger partial charge in [-0.05, 0) is 63.8 Å². The SMILES string of the molecule is Cc1ccc(C(=O)N2CCC(NS(=O)(=O)c3c(C)n[nH]c3C)CC2)cc1C. The van der Waals surface area contributed by atoms with E-state index < -0.39 is 10.0 Å². The molecule has 0 bridgehead atoms. The van der Waals surface area contributed by atoms with Crippen LogP contribution >= 0.6 is 0 Å². The first kappa shape index (κ1) is 19.6. The van der Waals surface area contributed by atoms with E-state index in [1.54, 1.807) is 18.7 Å². The van der Waals surface area contributed by atoms with Crippen molar-refractivity contribution in [2.75, 3.05) is 13.1 Å². The van der Waals surface area contributed by atoms with Crippen LogP contribution in [0.4, 0.5) is 0 Å². The molecule has 0 radical (unpaired) electrons. The van der Waals surface area contributed by atoms with Gasteiger partial charge in [0.1, 0.15) is 4.90 Å². The Balaban J connectivity index is 1.63. The van der Waals surface area contributed by atoms with E-state index in [1.165, 1.54) is 0 Å². The lowest BCUT2D eigenvalue weighted by atomic mass is 10.0. The summed E-state index contributed by atoms with van der Waals surface area (Å²) in [5, 5.41) is 6.67. The quantitative estimate of drug-likeness (QED) is 0.837. The molecule has 2 heterocycles. The minimum absolute atomic E-state index is 0.000862. The van der Waals surface area contributed by atoms with Crippen molar-refractivity contribution in [2.24, 2.45) is 0 Å². The smallest absolute Gasteiger partial charge is 0.253 e. The number of aryl methyl sites for hydroxylation is 4. The molecular formula is C19H26N4O3S. The summed E-state index contributed by atoms with van der Waals surface area (Å²) in [6.07, 6.45) is 1.18. The molecule has 1 saturated heterocycles. The van der Waals surface area contributed by atoms with Gasteiger partial charge >= 0.3 is 0 Å². The van der Waals surface area contributed by atoms with Crippen LogP contribution in [0.15, 0.2) is 23.1 Å². The highest BCUT2D eigenvalue weighted by Crippen LogP contribution is 2.20. The van der Waals surface area contributed by atoms with Gasteiger partial charge in [-0.1, -0.05) is 6.07 Å². The number of nitrogens with one attached hydrogen (secondary N) is 2. The fraction of sp³-hybridized carbons (Fsp3) is 0.474. The lowest BCUT2D eigenvalue weighted by Crippen LogP contribution is -2.46. The van der Waals surface area contributed by atoms with Crippen LogP contribution in [-0.2, 0) is 10.0 Å². The molecule has 3 rings (SSSR count). The summed E-state index contributed by atoms with van der Waals surface area (Å²) in [7, 11) is -3.63. The molecule has 1 aromatic heterocycles. The zero-order valence-corrected chi connectivity index (χ0v) is 17.0. The van der Waals surface area contributed by atoms with E-state index in [0.29, 0.717) is 42.9 Å². The molecule has 7 nitrogen and oxygen atoms in total. The van der Waals surface area contributed by atoms with Crippen LogP contribution in [0.25, 0.3) is 0 Å². The van der Waals surface area contributed by atoms with Gasteiger partial charge in [0, 0.05) is 24.7 Å². The third-order valence-electron chi connectivity index (χ3n) is 5.19. The molecule has 2 aromatic rings. The Morgan fingerprint density at radius 2 is 1.81 bits per heavy atom. The molecule has 1 amide bonds. The van der Waals surface area contributed by atoms with Gasteiger partial charge in [-0.3, -0.25) is 9.89 Å². The van der Waals surface area contributed by atoms with Crippen LogP contribution in [0.5, 0.6) is 0 Å². The van der Waals surface area contributed by atoms with Crippen LogP contribution in [0.3, 0.4) is 0 Å². The van der Waals surface area contributed by atoms with Crippen molar-refractivity contribution in [1.29, 1.82) is 0 Å². The van der Waals surface area contributed by atoms with Gasteiger partial charge in [-0.2, -0.15) is 5.10 Å². The second kappa shape index (κ2) is 7.44. The minimum atomic E-state index is -3.63. The molecule has 0 saturated carbocycles. The van der Waals surface area contributed by atoms with E-state index in [9.17, 15) is 13.2 Å². The van der Waals surface area contributed by atoms with Crippen molar-refractivity contribution >= 4 is 15.9 Å². The van der Waals surface area contributed by atoms with E-state index in [-0.39, 0.29) is 16.8 Å². The average Bonchev–Trinajstić information content (AvgIpc) is 2.96. The maximum absolute atomic E-state index is 12.7. The topological polar surface area (TPSA) is 95.2 Å². The van der Waals surface area contributed by atoms with E-state index in [2.05, 4.69) is 14.9 Å². The number of rotatable bonds is 4. The van der Waals surface area contributed by atoms with Crippen molar-refractivity contribution in [3.05, 3.63) is 46.3 Å². The van der Waals surface area contributed by atoms with Gasteiger partial charge in [-0.15, -0.1) is 0 Å². The number of carbonyl (C=O) groups excluding carboxylic acids is 1. The molecule has 8 heteroatoms. The standard InChI is InChI=1S/C19H26N4O3S/c1-12-5-6-16(11-13(12)2)19(24)23-9-7-17(8-10-23)22-27(25,26)18-14(3)20-21-15(18)4/h5-6,11,17,22H,7-10H2,1-4H3,(H,20,21). The van der Waals surface area contributed by atoms with Gasteiger partial charge in [0.2, 0.25) is 10.0 Å². The minimum Gasteiger partial charge on any atom is -0.339 e. The second-order valence-electron chi connectivity index (χ2n) is 7.25. The molecule has 27 heavy (non-hydrogen) atoms.